The predicted octanol–water partition coefficient (Wildman–Crippen LogP) is 2.20. The minimum atomic E-state index is -0.430. The number of nitrogens with one attached hydrogen (secondary N) is 1. The summed E-state index contributed by atoms with van der Waals surface area (Å²) in [5.74, 6) is -0.708. The van der Waals surface area contributed by atoms with E-state index >= 15 is 0 Å². The topological polar surface area (TPSA) is 49.4 Å². The van der Waals surface area contributed by atoms with E-state index in [1.165, 1.54) is 25.1 Å². The molecule has 0 heterocycles. The predicted molar refractivity (Wildman–Crippen MR) is 75.9 cm³/mol. The molecule has 0 aliphatic heterocycles. The molecule has 1 aromatic rings. The number of hydrogen-bond acceptors (Lipinski definition) is 2. The Hall–Kier alpha value is -1.91. The molecule has 0 saturated heterocycles. The average Bonchev–Trinajstić information content (AvgIpc) is 2.37. The van der Waals surface area contributed by atoms with Crippen LogP contribution in [0.3, 0.4) is 0 Å². The van der Waals surface area contributed by atoms with Crippen LogP contribution in [0.25, 0.3) is 0 Å². The Balaban J connectivity index is 2.37. The van der Waals surface area contributed by atoms with Crippen LogP contribution in [0.4, 0.5) is 4.39 Å². The molecule has 1 N–H and O–H groups in total. The molecule has 5 heteroatoms. The van der Waals surface area contributed by atoms with Gasteiger partial charge in [-0.25, -0.2) is 4.39 Å². The average molecular weight is 280 g/mol. The van der Waals surface area contributed by atoms with Crippen molar-refractivity contribution in [1.82, 2.24) is 10.2 Å². The molecule has 2 amide bonds. The Kier molecular flexibility index (Phi) is 6.15. The van der Waals surface area contributed by atoms with Gasteiger partial charge in [-0.15, -0.1) is 0 Å². The zero-order valence-corrected chi connectivity index (χ0v) is 12.1. The lowest BCUT2D eigenvalue weighted by Gasteiger charge is -2.25. The van der Waals surface area contributed by atoms with E-state index in [1.807, 2.05) is 13.8 Å². The first-order valence-corrected chi connectivity index (χ1v) is 6.72. The molecule has 0 spiro atoms. The zero-order chi connectivity index (χ0) is 15.1. The summed E-state index contributed by atoms with van der Waals surface area (Å²) >= 11 is 0. The molecule has 0 fully saturated rings. The molecule has 0 atom stereocenters. The van der Waals surface area contributed by atoms with Crippen molar-refractivity contribution >= 4 is 11.8 Å². The van der Waals surface area contributed by atoms with Gasteiger partial charge in [0.25, 0.3) is 5.91 Å². The number of rotatable bonds is 6. The Bertz CT molecular complexity index is 475. The summed E-state index contributed by atoms with van der Waals surface area (Å²) in [6.07, 6.45) is 0.665. The summed E-state index contributed by atoms with van der Waals surface area (Å²) < 4.78 is 13.0. The highest BCUT2D eigenvalue weighted by molar-refractivity contribution is 5.94. The van der Waals surface area contributed by atoms with E-state index in [9.17, 15) is 14.0 Å². The van der Waals surface area contributed by atoms with Crippen LogP contribution in [0, 0.1) is 5.82 Å². The maximum atomic E-state index is 13.0. The summed E-state index contributed by atoms with van der Waals surface area (Å²) in [6.45, 7) is 6.48. The second kappa shape index (κ2) is 7.62. The van der Waals surface area contributed by atoms with Crippen molar-refractivity contribution in [3.8, 4) is 0 Å². The van der Waals surface area contributed by atoms with E-state index in [1.54, 1.807) is 11.0 Å². The number of hydrogen-bond donors (Lipinski definition) is 1. The zero-order valence-electron chi connectivity index (χ0n) is 12.1. The van der Waals surface area contributed by atoms with Crippen LogP contribution in [0.15, 0.2) is 24.3 Å². The smallest absolute Gasteiger partial charge is 0.251 e. The monoisotopic (exact) mass is 280 g/mol. The first kappa shape index (κ1) is 16.1. The SMILES string of the molecule is CC(=O)N(CCCNC(=O)c1cccc(F)c1)C(C)C. The standard InChI is InChI=1S/C15H21FN2O2/c1-11(2)18(12(3)19)9-5-8-17-15(20)13-6-4-7-14(16)10-13/h4,6-7,10-11H,5,8-9H2,1-3H3,(H,17,20). The molecule has 0 aliphatic carbocycles. The van der Waals surface area contributed by atoms with E-state index in [0.717, 1.165) is 0 Å². The summed E-state index contributed by atoms with van der Waals surface area (Å²) in [6, 6.07) is 5.70. The van der Waals surface area contributed by atoms with Crippen LogP contribution in [-0.4, -0.2) is 35.8 Å². The Morgan fingerprint density at radius 1 is 1.35 bits per heavy atom. The minimum absolute atomic E-state index is 0.0245. The fourth-order valence-corrected chi connectivity index (χ4v) is 1.96. The Morgan fingerprint density at radius 2 is 2.05 bits per heavy atom. The normalized spacial score (nSPS) is 10.4. The van der Waals surface area contributed by atoms with Crippen molar-refractivity contribution in [1.29, 1.82) is 0 Å². The van der Waals surface area contributed by atoms with Crippen LogP contribution in [0.2, 0.25) is 0 Å². The van der Waals surface area contributed by atoms with Crippen LogP contribution in [-0.2, 0) is 4.79 Å². The van der Waals surface area contributed by atoms with Crippen molar-refractivity contribution in [2.45, 2.75) is 33.2 Å². The number of benzene rings is 1. The van der Waals surface area contributed by atoms with Gasteiger partial charge in [-0.1, -0.05) is 6.07 Å². The molecule has 0 saturated carbocycles. The third-order valence-electron chi connectivity index (χ3n) is 2.98. The van der Waals surface area contributed by atoms with Crippen LogP contribution < -0.4 is 5.32 Å². The molecule has 20 heavy (non-hydrogen) atoms. The van der Waals surface area contributed by atoms with Crippen molar-refractivity contribution in [3.63, 3.8) is 0 Å². The van der Waals surface area contributed by atoms with Crippen LogP contribution >= 0.6 is 0 Å². The van der Waals surface area contributed by atoms with E-state index in [2.05, 4.69) is 5.32 Å². The number of nitrogens with zero attached hydrogens (tertiary/aromatic N) is 1. The number of carbonyl (C=O) groups is 2. The molecule has 0 unspecified atom stereocenters. The number of carbonyl (C=O) groups excluding carboxylic acids is 2. The molecule has 0 aliphatic rings. The van der Waals surface area contributed by atoms with Crippen molar-refractivity contribution in [3.05, 3.63) is 35.6 Å². The lowest BCUT2D eigenvalue weighted by Crippen LogP contribution is -2.37. The number of halogens is 1. The second-order valence-corrected chi connectivity index (χ2v) is 4.93. The van der Waals surface area contributed by atoms with Gasteiger partial charge < -0.3 is 10.2 Å². The molecule has 0 aromatic heterocycles. The molecule has 110 valence electrons. The van der Waals surface area contributed by atoms with E-state index in [-0.39, 0.29) is 17.9 Å². The Labute approximate surface area is 119 Å². The first-order valence-electron chi connectivity index (χ1n) is 6.72. The third kappa shape index (κ3) is 4.99. The fraction of sp³-hybridized carbons (Fsp3) is 0.467. The van der Waals surface area contributed by atoms with Gasteiger partial charge in [0.15, 0.2) is 0 Å². The minimum Gasteiger partial charge on any atom is -0.352 e. The van der Waals surface area contributed by atoms with Gasteiger partial charge in [-0.05, 0) is 38.5 Å². The summed E-state index contributed by atoms with van der Waals surface area (Å²) in [5.41, 5.74) is 0.303. The van der Waals surface area contributed by atoms with Gasteiger partial charge in [0, 0.05) is 31.6 Å². The third-order valence-corrected chi connectivity index (χ3v) is 2.98. The molecular weight excluding hydrogens is 259 g/mol. The highest BCUT2D eigenvalue weighted by Crippen LogP contribution is 2.03. The van der Waals surface area contributed by atoms with Gasteiger partial charge in [-0.3, -0.25) is 9.59 Å². The van der Waals surface area contributed by atoms with E-state index in [0.29, 0.717) is 25.1 Å². The summed E-state index contributed by atoms with van der Waals surface area (Å²) in [4.78, 5) is 24.9. The largest absolute Gasteiger partial charge is 0.352 e. The van der Waals surface area contributed by atoms with Gasteiger partial charge in [-0.2, -0.15) is 0 Å². The van der Waals surface area contributed by atoms with Crippen LogP contribution in [0.5, 0.6) is 0 Å². The maximum Gasteiger partial charge on any atom is 0.251 e. The molecule has 4 nitrogen and oxygen atoms in total. The number of amides is 2. The van der Waals surface area contributed by atoms with Crippen molar-refractivity contribution in [2.75, 3.05) is 13.1 Å². The van der Waals surface area contributed by atoms with Crippen LogP contribution in [0.1, 0.15) is 37.6 Å². The van der Waals surface area contributed by atoms with Gasteiger partial charge >= 0.3 is 0 Å². The van der Waals surface area contributed by atoms with E-state index in [4.69, 9.17) is 0 Å². The van der Waals surface area contributed by atoms with E-state index < -0.39 is 5.82 Å². The molecule has 0 bridgehead atoms. The quantitative estimate of drug-likeness (QED) is 0.812. The molecule has 0 radical (unpaired) electrons. The highest BCUT2D eigenvalue weighted by Gasteiger charge is 2.12. The maximum absolute atomic E-state index is 13.0. The second-order valence-electron chi connectivity index (χ2n) is 4.93. The molecular formula is C15H21FN2O2. The highest BCUT2D eigenvalue weighted by atomic mass is 19.1. The molecule has 1 rings (SSSR count). The fourth-order valence-electron chi connectivity index (χ4n) is 1.96. The van der Waals surface area contributed by atoms with Crippen molar-refractivity contribution in [2.24, 2.45) is 0 Å². The van der Waals surface area contributed by atoms with Gasteiger partial charge in [0.2, 0.25) is 5.91 Å². The van der Waals surface area contributed by atoms with Crippen molar-refractivity contribution < 1.29 is 14.0 Å². The lowest BCUT2D eigenvalue weighted by atomic mass is 10.2. The lowest BCUT2D eigenvalue weighted by molar-refractivity contribution is -0.130. The summed E-state index contributed by atoms with van der Waals surface area (Å²) in [5, 5.41) is 2.72. The Morgan fingerprint density at radius 3 is 2.60 bits per heavy atom. The first-order chi connectivity index (χ1) is 9.41. The molecule has 1 aromatic carbocycles. The summed E-state index contributed by atoms with van der Waals surface area (Å²) in [7, 11) is 0. The van der Waals surface area contributed by atoms with Gasteiger partial charge in [0.05, 0.1) is 0 Å². The van der Waals surface area contributed by atoms with Gasteiger partial charge in [0.1, 0.15) is 5.82 Å².